The maximum absolute atomic E-state index is 11.6. The molecule has 0 amide bonds. The van der Waals surface area contributed by atoms with Gasteiger partial charge in [0.05, 0.1) is 5.69 Å². The fraction of sp³-hybridized carbons (Fsp3) is 0.667. The van der Waals surface area contributed by atoms with Crippen LogP contribution in [0.5, 0.6) is 0 Å². The van der Waals surface area contributed by atoms with Crippen LogP contribution in [0.4, 0.5) is 5.82 Å². The van der Waals surface area contributed by atoms with E-state index in [-0.39, 0.29) is 5.56 Å². The first-order valence-corrected chi connectivity index (χ1v) is 7.06. The van der Waals surface area contributed by atoms with Gasteiger partial charge in [-0.2, -0.15) is 5.10 Å². The normalized spacial score (nSPS) is 11.2. The summed E-state index contributed by atoms with van der Waals surface area (Å²) in [6, 6.07) is 0. The van der Waals surface area contributed by atoms with Gasteiger partial charge < -0.3 is 10.0 Å². The number of hydrogen-bond donors (Lipinski definition) is 1. The molecule has 0 aliphatic carbocycles. The predicted molar refractivity (Wildman–Crippen MR) is 80.4 cm³/mol. The van der Waals surface area contributed by atoms with Gasteiger partial charge in [-0.25, -0.2) is 4.79 Å². The molecule has 1 N–H and O–H groups in total. The predicted octanol–water partition coefficient (Wildman–Crippen LogP) is 2.91. The largest absolute Gasteiger partial charge is 0.478 e. The summed E-state index contributed by atoms with van der Waals surface area (Å²) in [6.45, 7) is 13.6. The number of aryl methyl sites for hydroxylation is 1. The fourth-order valence-electron chi connectivity index (χ4n) is 2.20. The highest BCUT2D eigenvalue weighted by molar-refractivity contribution is 5.95. The van der Waals surface area contributed by atoms with Gasteiger partial charge in [0.15, 0.2) is 5.82 Å². The summed E-state index contributed by atoms with van der Waals surface area (Å²) in [5, 5.41) is 17.8. The lowest BCUT2D eigenvalue weighted by molar-refractivity contribution is 0.0696. The molecular formula is C15H25N3O2. The third kappa shape index (κ3) is 3.92. The summed E-state index contributed by atoms with van der Waals surface area (Å²) in [4.78, 5) is 13.6. The van der Waals surface area contributed by atoms with E-state index in [0.717, 1.165) is 13.1 Å². The van der Waals surface area contributed by atoms with Crippen molar-refractivity contribution in [1.29, 1.82) is 0 Å². The second kappa shape index (κ2) is 6.68. The molecule has 0 unspecified atom stereocenters. The van der Waals surface area contributed by atoms with Crippen LogP contribution < -0.4 is 4.90 Å². The Morgan fingerprint density at radius 2 is 1.60 bits per heavy atom. The number of carboxylic acid groups (broad SMARTS) is 1. The molecule has 0 aliphatic heterocycles. The van der Waals surface area contributed by atoms with Crippen molar-refractivity contribution in [2.45, 2.75) is 41.5 Å². The zero-order valence-corrected chi connectivity index (χ0v) is 13.3. The molecule has 0 radical (unpaired) electrons. The summed E-state index contributed by atoms with van der Waals surface area (Å²) in [6.07, 6.45) is 0. The van der Waals surface area contributed by atoms with E-state index in [9.17, 15) is 9.90 Å². The molecule has 0 bridgehead atoms. The zero-order chi connectivity index (χ0) is 15.4. The number of carboxylic acids is 1. The second-order valence-electron chi connectivity index (χ2n) is 6.11. The molecule has 0 saturated heterocycles. The average Bonchev–Trinajstić information content (AvgIpc) is 2.29. The number of carbonyl (C=O) groups is 1. The van der Waals surface area contributed by atoms with E-state index in [1.165, 1.54) is 0 Å². The maximum atomic E-state index is 11.6. The first-order chi connectivity index (χ1) is 9.23. The Morgan fingerprint density at radius 3 is 2.00 bits per heavy atom. The van der Waals surface area contributed by atoms with Gasteiger partial charge in [0, 0.05) is 13.1 Å². The SMILES string of the molecule is Cc1nnc(N(CC(C)C)CC(C)C)c(C(=O)O)c1C. The van der Waals surface area contributed by atoms with E-state index in [1.807, 2.05) is 4.90 Å². The Labute approximate surface area is 121 Å². The number of aromatic nitrogens is 2. The molecule has 0 aliphatic rings. The third-order valence-corrected chi connectivity index (χ3v) is 3.12. The van der Waals surface area contributed by atoms with Gasteiger partial charge in [-0.1, -0.05) is 27.7 Å². The first kappa shape index (κ1) is 16.4. The summed E-state index contributed by atoms with van der Waals surface area (Å²) in [5.41, 5.74) is 1.64. The molecule has 5 heteroatoms. The number of nitrogens with zero attached hydrogens (tertiary/aromatic N) is 3. The van der Waals surface area contributed by atoms with Gasteiger partial charge in [-0.3, -0.25) is 0 Å². The summed E-state index contributed by atoms with van der Waals surface area (Å²) < 4.78 is 0. The Kier molecular flexibility index (Phi) is 5.48. The number of aromatic carboxylic acids is 1. The Bertz CT molecular complexity index is 474. The minimum absolute atomic E-state index is 0.277. The van der Waals surface area contributed by atoms with Crippen molar-refractivity contribution in [3.63, 3.8) is 0 Å². The molecule has 112 valence electrons. The molecule has 1 aromatic rings. The molecule has 1 heterocycles. The van der Waals surface area contributed by atoms with Crippen molar-refractivity contribution < 1.29 is 9.90 Å². The van der Waals surface area contributed by atoms with E-state index in [0.29, 0.717) is 28.9 Å². The molecule has 0 atom stereocenters. The van der Waals surface area contributed by atoms with Crippen molar-refractivity contribution in [2.24, 2.45) is 11.8 Å². The molecule has 5 nitrogen and oxygen atoms in total. The summed E-state index contributed by atoms with van der Waals surface area (Å²) >= 11 is 0. The molecule has 1 rings (SSSR count). The molecule has 0 aromatic carbocycles. The fourth-order valence-corrected chi connectivity index (χ4v) is 2.20. The van der Waals surface area contributed by atoms with Crippen molar-refractivity contribution in [3.05, 3.63) is 16.8 Å². The lowest BCUT2D eigenvalue weighted by atomic mass is 10.1. The van der Waals surface area contributed by atoms with Crippen LogP contribution >= 0.6 is 0 Å². The van der Waals surface area contributed by atoms with Gasteiger partial charge >= 0.3 is 5.97 Å². The highest BCUT2D eigenvalue weighted by Crippen LogP contribution is 2.24. The van der Waals surface area contributed by atoms with Crippen molar-refractivity contribution >= 4 is 11.8 Å². The lowest BCUT2D eigenvalue weighted by Crippen LogP contribution is -2.34. The summed E-state index contributed by atoms with van der Waals surface area (Å²) in [7, 11) is 0. The lowest BCUT2D eigenvalue weighted by Gasteiger charge is -2.28. The highest BCUT2D eigenvalue weighted by atomic mass is 16.4. The second-order valence-corrected chi connectivity index (χ2v) is 6.11. The van der Waals surface area contributed by atoms with Gasteiger partial charge in [-0.05, 0) is 31.2 Å². The average molecular weight is 279 g/mol. The number of rotatable bonds is 6. The number of anilines is 1. The highest BCUT2D eigenvalue weighted by Gasteiger charge is 2.23. The summed E-state index contributed by atoms with van der Waals surface area (Å²) in [5.74, 6) is 0.411. The molecular weight excluding hydrogens is 254 g/mol. The van der Waals surface area contributed by atoms with Crippen molar-refractivity contribution in [2.75, 3.05) is 18.0 Å². The van der Waals surface area contributed by atoms with Crippen LogP contribution in [0, 0.1) is 25.7 Å². The van der Waals surface area contributed by atoms with Crippen molar-refractivity contribution in [3.8, 4) is 0 Å². The van der Waals surface area contributed by atoms with E-state index in [2.05, 4.69) is 37.9 Å². The van der Waals surface area contributed by atoms with Crippen LogP contribution in [-0.4, -0.2) is 34.4 Å². The van der Waals surface area contributed by atoms with Crippen LogP contribution in [0.2, 0.25) is 0 Å². The topological polar surface area (TPSA) is 66.3 Å². The zero-order valence-electron chi connectivity index (χ0n) is 13.3. The number of hydrogen-bond acceptors (Lipinski definition) is 4. The minimum Gasteiger partial charge on any atom is -0.478 e. The van der Waals surface area contributed by atoms with E-state index in [1.54, 1.807) is 13.8 Å². The smallest absolute Gasteiger partial charge is 0.339 e. The Balaban J connectivity index is 3.31. The van der Waals surface area contributed by atoms with Gasteiger partial charge in [0.1, 0.15) is 5.56 Å². The van der Waals surface area contributed by atoms with Crippen LogP contribution in [0.3, 0.4) is 0 Å². The molecule has 1 aromatic heterocycles. The third-order valence-electron chi connectivity index (χ3n) is 3.12. The minimum atomic E-state index is -0.937. The molecule has 0 saturated carbocycles. The molecule has 0 spiro atoms. The van der Waals surface area contributed by atoms with Gasteiger partial charge in [0.25, 0.3) is 0 Å². The Hall–Kier alpha value is -1.65. The molecule has 0 fully saturated rings. The van der Waals surface area contributed by atoms with E-state index >= 15 is 0 Å². The van der Waals surface area contributed by atoms with Crippen molar-refractivity contribution in [1.82, 2.24) is 10.2 Å². The quantitative estimate of drug-likeness (QED) is 0.867. The van der Waals surface area contributed by atoms with E-state index < -0.39 is 5.97 Å². The molecule has 20 heavy (non-hydrogen) atoms. The van der Waals surface area contributed by atoms with Gasteiger partial charge in [0.2, 0.25) is 0 Å². The van der Waals surface area contributed by atoms with Crippen LogP contribution in [0.15, 0.2) is 0 Å². The van der Waals surface area contributed by atoms with Crippen LogP contribution in [-0.2, 0) is 0 Å². The maximum Gasteiger partial charge on any atom is 0.339 e. The van der Waals surface area contributed by atoms with E-state index in [4.69, 9.17) is 0 Å². The first-order valence-electron chi connectivity index (χ1n) is 7.06. The Morgan fingerprint density at radius 1 is 1.10 bits per heavy atom. The van der Waals surface area contributed by atoms with Crippen LogP contribution in [0.25, 0.3) is 0 Å². The van der Waals surface area contributed by atoms with Crippen LogP contribution in [0.1, 0.15) is 49.3 Å². The standard InChI is InChI=1S/C15H25N3O2/c1-9(2)7-18(8-10(3)4)14-13(15(19)20)11(5)12(6)16-17-14/h9-10H,7-8H2,1-6H3,(H,19,20). The monoisotopic (exact) mass is 279 g/mol. The van der Waals surface area contributed by atoms with Gasteiger partial charge in [-0.15, -0.1) is 5.10 Å².